The normalized spacial score (nSPS) is 18.7. The highest BCUT2D eigenvalue weighted by atomic mass is 32.2. The molecule has 1 heterocycles. The molecule has 1 aliphatic rings. The summed E-state index contributed by atoms with van der Waals surface area (Å²) in [6.07, 6.45) is -4.70. The summed E-state index contributed by atoms with van der Waals surface area (Å²) in [6, 6.07) is 2.39. The second-order valence-electron chi connectivity index (χ2n) is 4.87. The summed E-state index contributed by atoms with van der Waals surface area (Å²) in [7, 11) is 0. The molecule has 0 spiro atoms. The van der Waals surface area contributed by atoms with Crippen molar-refractivity contribution in [1.82, 2.24) is 5.32 Å². The highest BCUT2D eigenvalue weighted by molar-refractivity contribution is 8.15. The van der Waals surface area contributed by atoms with Gasteiger partial charge in [0.15, 0.2) is 5.17 Å². The first-order chi connectivity index (χ1) is 12.5. The zero-order chi connectivity index (χ0) is 20.2. The van der Waals surface area contributed by atoms with Gasteiger partial charge in [0.25, 0.3) is 5.69 Å². The number of amides is 1. The van der Waals surface area contributed by atoms with Crippen LogP contribution in [-0.2, 0) is 9.59 Å². The van der Waals surface area contributed by atoms with Crippen LogP contribution in [0.1, 0.15) is 12.0 Å². The van der Waals surface area contributed by atoms with E-state index in [4.69, 9.17) is 5.11 Å². The Kier molecular flexibility index (Phi) is 5.99. The van der Waals surface area contributed by atoms with Crippen LogP contribution in [0.4, 0.5) is 18.9 Å². The summed E-state index contributed by atoms with van der Waals surface area (Å²) in [5.41, 5.74) is -0.869. The number of halogens is 3. The number of alkyl halides is 3. The molecule has 27 heavy (non-hydrogen) atoms. The number of nitrogens with zero attached hydrogens (tertiary/aromatic N) is 3. The number of non-ortho nitro benzene ring substituents is 1. The van der Waals surface area contributed by atoms with Gasteiger partial charge >= 0.3 is 12.3 Å². The Morgan fingerprint density at radius 3 is 2.78 bits per heavy atom. The number of nitro benzene ring substituents is 1. The van der Waals surface area contributed by atoms with Crippen molar-refractivity contribution in [2.24, 2.45) is 10.2 Å². The molecular formula is C13H9F3N4O6S. The van der Waals surface area contributed by atoms with Crippen molar-refractivity contribution in [2.45, 2.75) is 18.0 Å². The SMILES string of the molecule is O=C(O)CC1SC(=NN=Cc2cc([N+](=O)[O-])ccc2OC(F)(F)F)NC1=O. The molecule has 1 saturated heterocycles. The summed E-state index contributed by atoms with van der Waals surface area (Å²) >= 11 is 0.780. The van der Waals surface area contributed by atoms with Crippen LogP contribution in [0.25, 0.3) is 0 Å². The molecule has 2 rings (SSSR count). The molecule has 1 aromatic rings. The molecule has 0 saturated carbocycles. The topological polar surface area (TPSA) is 143 Å². The third-order valence-electron chi connectivity index (χ3n) is 2.91. The first-order valence-electron chi connectivity index (χ1n) is 6.89. The lowest BCUT2D eigenvalue weighted by Gasteiger charge is -2.10. The molecule has 1 fully saturated rings. The molecule has 2 N–H and O–H groups in total. The number of carboxylic acid groups (broad SMARTS) is 1. The van der Waals surface area contributed by atoms with Gasteiger partial charge in [-0.15, -0.1) is 18.3 Å². The van der Waals surface area contributed by atoms with Crippen LogP contribution in [0.5, 0.6) is 5.75 Å². The molecule has 10 nitrogen and oxygen atoms in total. The number of thioether (sulfide) groups is 1. The Labute approximate surface area is 152 Å². The van der Waals surface area contributed by atoms with Crippen LogP contribution in [0, 0.1) is 10.1 Å². The lowest BCUT2D eigenvalue weighted by Crippen LogP contribution is -2.26. The number of amidine groups is 1. The summed E-state index contributed by atoms with van der Waals surface area (Å²) in [6.45, 7) is 0. The van der Waals surface area contributed by atoms with Gasteiger partial charge in [-0.1, -0.05) is 11.8 Å². The predicted molar refractivity (Wildman–Crippen MR) is 86.6 cm³/mol. The smallest absolute Gasteiger partial charge is 0.481 e. The number of rotatable bonds is 6. The third-order valence-corrected chi connectivity index (χ3v) is 3.98. The monoisotopic (exact) mass is 406 g/mol. The molecule has 1 aromatic carbocycles. The van der Waals surface area contributed by atoms with Gasteiger partial charge in [0.2, 0.25) is 5.91 Å². The maximum Gasteiger partial charge on any atom is 0.573 e. The fourth-order valence-corrected chi connectivity index (χ4v) is 2.77. The highest BCUT2D eigenvalue weighted by Gasteiger charge is 2.33. The van der Waals surface area contributed by atoms with Crippen LogP contribution in [0.15, 0.2) is 28.4 Å². The number of carbonyl (C=O) groups is 2. The lowest BCUT2D eigenvalue weighted by molar-refractivity contribution is -0.385. The van der Waals surface area contributed by atoms with Crippen molar-refractivity contribution in [3.8, 4) is 5.75 Å². The molecule has 1 aliphatic heterocycles. The Hall–Kier alpha value is -3.16. The van der Waals surface area contributed by atoms with Crippen molar-refractivity contribution < 1.29 is 37.5 Å². The molecule has 0 aliphatic carbocycles. The van der Waals surface area contributed by atoms with Gasteiger partial charge in [-0.3, -0.25) is 19.7 Å². The van der Waals surface area contributed by atoms with E-state index in [2.05, 4.69) is 20.3 Å². The van der Waals surface area contributed by atoms with Gasteiger partial charge in [-0.2, -0.15) is 5.10 Å². The summed E-state index contributed by atoms with van der Waals surface area (Å²) < 4.78 is 41.0. The van der Waals surface area contributed by atoms with Crippen LogP contribution >= 0.6 is 11.8 Å². The zero-order valence-corrected chi connectivity index (χ0v) is 13.8. The van der Waals surface area contributed by atoms with Crippen LogP contribution in [-0.4, -0.2) is 44.9 Å². The highest BCUT2D eigenvalue weighted by Crippen LogP contribution is 2.28. The van der Waals surface area contributed by atoms with E-state index in [1.54, 1.807) is 0 Å². The van der Waals surface area contributed by atoms with Crippen molar-refractivity contribution in [2.75, 3.05) is 0 Å². The van der Waals surface area contributed by atoms with Crippen molar-refractivity contribution >= 4 is 40.7 Å². The molecule has 144 valence electrons. The number of carboxylic acids is 1. The first-order valence-corrected chi connectivity index (χ1v) is 7.77. The van der Waals surface area contributed by atoms with E-state index in [-0.39, 0.29) is 10.7 Å². The number of benzene rings is 1. The number of hydrogen-bond donors (Lipinski definition) is 2. The third kappa shape index (κ3) is 5.95. The van der Waals surface area contributed by atoms with E-state index >= 15 is 0 Å². The van der Waals surface area contributed by atoms with E-state index in [1.807, 2.05) is 0 Å². The van der Waals surface area contributed by atoms with Crippen molar-refractivity contribution in [3.05, 3.63) is 33.9 Å². The van der Waals surface area contributed by atoms with Crippen LogP contribution in [0.2, 0.25) is 0 Å². The Bertz CT molecular complexity index is 842. The second kappa shape index (κ2) is 8.03. The van der Waals surface area contributed by atoms with Gasteiger partial charge in [0.05, 0.1) is 17.6 Å². The molecule has 1 atom stereocenters. The maximum absolute atomic E-state index is 12.4. The number of hydrogen-bond acceptors (Lipinski definition) is 8. The van der Waals surface area contributed by atoms with Gasteiger partial charge in [0.1, 0.15) is 11.0 Å². The molecule has 14 heteroatoms. The molecule has 0 radical (unpaired) electrons. The first kappa shape index (κ1) is 20.2. The molecule has 1 amide bonds. The van der Waals surface area contributed by atoms with Gasteiger partial charge < -0.3 is 15.2 Å². The van der Waals surface area contributed by atoms with E-state index in [0.29, 0.717) is 0 Å². The second-order valence-corrected chi connectivity index (χ2v) is 6.06. The minimum absolute atomic E-state index is 0.0637. The average Bonchev–Trinajstić information content (AvgIpc) is 2.86. The fraction of sp³-hybridized carbons (Fsp3) is 0.231. The summed E-state index contributed by atoms with van der Waals surface area (Å²) in [4.78, 5) is 32.1. The van der Waals surface area contributed by atoms with E-state index in [1.165, 1.54) is 0 Å². The van der Waals surface area contributed by atoms with Crippen LogP contribution in [0.3, 0.4) is 0 Å². The van der Waals surface area contributed by atoms with Gasteiger partial charge in [0, 0.05) is 17.7 Å². The number of nitro groups is 1. The number of nitrogens with one attached hydrogen (secondary N) is 1. The number of carbonyl (C=O) groups excluding carboxylic acids is 1. The van der Waals surface area contributed by atoms with Gasteiger partial charge in [-0.05, 0) is 6.07 Å². The average molecular weight is 406 g/mol. The lowest BCUT2D eigenvalue weighted by atomic mass is 10.2. The minimum atomic E-state index is -5.02. The Morgan fingerprint density at radius 1 is 1.48 bits per heavy atom. The summed E-state index contributed by atoms with van der Waals surface area (Å²) in [5, 5.41) is 27.7. The fourth-order valence-electron chi connectivity index (χ4n) is 1.86. The van der Waals surface area contributed by atoms with Gasteiger partial charge in [-0.25, -0.2) is 0 Å². The number of ether oxygens (including phenoxy) is 1. The Morgan fingerprint density at radius 2 is 2.19 bits per heavy atom. The van der Waals surface area contributed by atoms with Crippen LogP contribution < -0.4 is 10.1 Å². The maximum atomic E-state index is 12.4. The molecular weight excluding hydrogens is 397 g/mol. The number of aliphatic carboxylic acids is 1. The largest absolute Gasteiger partial charge is 0.573 e. The standard InChI is InChI=1S/C13H9F3N4O6S/c14-13(15,16)26-8-2-1-7(20(24)25)3-6(8)5-17-19-12-18-11(23)9(27-12)4-10(21)22/h1-3,5,9H,4H2,(H,21,22)(H,18,19,23). The van der Waals surface area contributed by atoms with E-state index in [0.717, 1.165) is 36.2 Å². The van der Waals surface area contributed by atoms with Crippen molar-refractivity contribution in [3.63, 3.8) is 0 Å². The predicted octanol–water partition coefficient (Wildman–Crippen LogP) is 1.89. The molecule has 0 bridgehead atoms. The van der Waals surface area contributed by atoms with Crippen molar-refractivity contribution in [1.29, 1.82) is 0 Å². The quantitative estimate of drug-likeness (QED) is 0.417. The van der Waals surface area contributed by atoms with E-state index in [9.17, 15) is 32.9 Å². The summed E-state index contributed by atoms with van der Waals surface area (Å²) in [5.74, 6) is -2.53. The Balaban J connectivity index is 2.22. The zero-order valence-electron chi connectivity index (χ0n) is 13.0. The minimum Gasteiger partial charge on any atom is -0.481 e. The molecule has 0 aromatic heterocycles. The molecule has 1 unspecified atom stereocenters. The van der Waals surface area contributed by atoms with E-state index < -0.39 is 46.3 Å².